The minimum Gasteiger partial charge on any atom is -0.462 e. The van der Waals surface area contributed by atoms with Crippen LogP contribution in [0.1, 0.15) is 47.9 Å². The Kier molecular flexibility index (Phi) is 6.76. The number of ether oxygens (including phenoxy) is 1. The summed E-state index contributed by atoms with van der Waals surface area (Å²) in [4.78, 5) is 16.6. The molecule has 3 aromatic rings. The van der Waals surface area contributed by atoms with E-state index >= 15 is 0 Å². The van der Waals surface area contributed by atoms with E-state index in [9.17, 15) is 31.1 Å². The molecule has 2 heterocycles. The number of rotatable bonds is 6. The molecule has 7 nitrogen and oxygen atoms in total. The van der Waals surface area contributed by atoms with Crippen LogP contribution in [0.2, 0.25) is 0 Å². The normalized spacial score (nSPS) is 13.4. The van der Waals surface area contributed by atoms with Crippen LogP contribution in [0.5, 0.6) is 0 Å². The Morgan fingerprint density at radius 3 is 2.12 bits per heavy atom. The van der Waals surface area contributed by atoms with Crippen molar-refractivity contribution in [3.63, 3.8) is 0 Å². The number of carbonyl (C=O) groups is 1. The zero-order valence-electron chi connectivity index (χ0n) is 18.5. The number of esters is 1. The smallest absolute Gasteiger partial charge is 0.416 e. The zero-order valence-corrected chi connectivity index (χ0v) is 18.5. The summed E-state index contributed by atoms with van der Waals surface area (Å²) < 4.78 is 90.6. The Labute approximate surface area is 189 Å². The molecule has 0 amide bonds. The lowest BCUT2D eigenvalue weighted by molar-refractivity contribution is -0.150. The predicted molar refractivity (Wildman–Crippen MR) is 105 cm³/mol. The quantitative estimate of drug-likeness (QED) is 0.344. The predicted octanol–water partition coefficient (Wildman–Crippen LogP) is 5.32. The van der Waals surface area contributed by atoms with Crippen LogP contribution in [-0.4, -0.2) is 32.0 Å². The number of hydrogen-bond donors (Lipinski definition) is 0. The number of carbonyl (C=O) groups excluding carboxylic acids is 1. The van der Waals surface area contributed by atoms with Gasteiger partial charge in [-0.1, -0.05) is 5.16 Å². The van der Waals surface area contributed by atoms with Crippen molar-refractivity contribution in [1.29, 1.82) is 0 Å². The molecular weight excluding hydrogens is 470 g/mol. The molecule has 0 bridgehead atoms. The molecule has 0 N–H and O–H groups in total. The van der Waals surface area contributed by atoms with Gasteiger partial charge < -0.3 is 9.26 Å². The van der Waals surface area contributed by atoms with Crippen molar-refractivity contribution in [3.05, 3.63) is 52.7 Å². The van der Waals surface area contributed by atoms with Crippen molar-refractivity contribution in [1.82, 2.24) is 19.9 Å². The number of hydrogen-bond acceptors (Lipinski definition) is 6. The van der Waals surface area contributed by atoms with Crippen molar-refractivity contribution in [2.75, 3.05) is 0 Å². The van der Waals surface area contributed by atoms with Crippen LogP contribution in [-0.2, 0) is 28.4 Å². The number of aryl methyl sites for hydroxylation is 2. The summed E-state index contributed by atoms with van der Waals surface area (Å²) >= 11 is 0. The summed E-state index contributed by atoms with van der Waals surface area (Å²) in [5.74, 6) is -1.59. The number of benzene rings is 1. The molecule has 2 aromatic heterocycles. The van der Waals surface area contributed by atoms with Gasteiger partial charge in [-0.25, -0.2) is 4.98 Å². The van der Waals surface area contributed by atoms with Gasteiger partial charge in [0.05, 0.1) is 29.5 Å². The van der Waals surface area contributed by atoms with E-state index in [1.165, 1.54) is 0 Å². The lowest BCUT2D eigenvalue weighted by Gasteiger charge is -2.17. The van der Waals surface area contributed by atoms with E-state index < -0.39 is 47.0 Å². The van der Waals surface area contributed by atoms with Gasteiger partial charge in [-0.15, -0.1) is 0 Å². The van der Waals surface area contributed by atoms with Gasteiger partial charge in [-0.05, 0) is 45.9 Å². The molecule has 0 aliphatic rings. The maximum absolute atomic E-state index is 13.2. The van der Waals surface area contributed by atoms with Crippen LogP contribution < -0.4 is 0 Å². The largest absolute Gasteiger partial charge is 0.462 e. The van der Waals surface area contributed by atoms with Crippen molar-refractivity contribution in [2.45, 2.75) is 58.6 Å². The van der Waals surface area contributed by atoms with Gasteiger partial charge in [0.15, 0.2) is 5.82 Å². The molecule has 0 fully saturated rings. The number of alkyl halides is 6. The first-order valence-corrected chi connectivity index (χ1v) is 9.99. The third kappa shape index (κ3) is 5.57. The van der Waals surface area contributed by atoms with Crippen LogP contribution in [0.3, 0.4) is 0 Å². The summed E-state index contributed by atoms with van der Waals surface area (Å²) in [5, 5.41) is 7.83. The van der Waals surface area contributed by atoms with Gasteiger partial charge in [0.2, 0.25) is 0 Å². The van der Waals surface area contributed by atoms with Crippen molar-refractivity contribution in [3.8, 4) is 11.4 Å². The van der Waals surface area contributed by atoms with Crippen LogP contribution >= 0.6 is 0 Å². The highest BCUT2D eigenvalue weighted by Crippen LogP contribution is 2.38. The van der Waals surface area contributed by atoms with E-state index in [4.69, 9.17) is 9.26 Å². The maximum atomic E-state index is 13.2. The molecule has 13 heteroatoms. The van der Waals surface area contributed by atoms with Crippen molar-refractivity contribution < 1.29 is 40.4 Å². The summed E-state index contributed by atoms with van der Waals surface area (Å²) in [6.07, 6.45) is -9.34. The molecule has 1 unspecified atom stereocenters. The molecule has 34 heavy (non-hydrogen) atoms. The van der Waals surface area contributed by atoms with E-state index in [0.717, 1.165) is 11.0 Å². The van der Waals surface area contributed by atoms with E-state index in [1.807, 2.05) is 0 Å². The molecule has 0 aliphatic carbocycles. The molecule has 0 saturated carbocycles. The number of nitrogens with zero attached hydrogens (tertiary/aromatic N) is 4. The fourth-order valence-corrected chi connectivity index (χ4v) is 3.37. The van der Waals surface area contributed by atoms with E-state index in [0.29, 0.717) is 29.2 Å². The lowest BCUT2D eigenvalue weighted by Crippen LogP contribution is -2.24. The van der Waals surface area contributed by atoms with Gasteiger partial charge in [-0.2, -0.15) is 31.4 Å². The second-order valence-electron chi connectivity index (χ2n) is 7.86. The second-order valence-corrected chi connectivity index (χ2v) is 7.86. The monoisotopic (exact) mass is 490 g/mol. The average molecular weight is 490 g/mol. The highest BCUT2D eigenvalue weighted by Gasteiger charge is 2.37. The van der Waals surface area contributed by atoms with Gasteiger partial charge in [-0.3, -0.25) is 9.48 Å². The molecule has 1 aromatic carbocycles. The molecule has 0 saturated heterocycles. The third-order valence-corrected chi connectivity index (χ3v) is 4.83. The van der Waals surface area contributed by atoms with Crippen LogP contribution in [0.25, 0.3) is 11.4 Å². The first-order valence-electron chi connectivity index (χ1n) is 9.99. The SMILES string of the molecule is Cc1noc(C)c1C(Cn1cnc(-c2cc(C(F)(F)F)cc(C(F)(F)F)c2)n1)C(=O)OC(C)C. The highest BCUT2D eigenvalue weighted by molar-refractivity contribution is 5.78. The first-order chi connectivity index (χ1) is 15.7. The molecule has 184 valence electrons. The van der Waals surface area contributed by atoms with Crippen LogP contribution in [0.4, 0.5) is 26.3 Å². The molecule has 1 atom stereocenters. The zero-order chi connectivity index (χ0) is 25.4. The highest BCUT2D eigenvalue weighted by atomic mass is 19.4. The van der Waals surface area contributed by atoms with E-state index in [-0.39, 0.29) is 18.4 Å². The van der Waals surface area contributed by atoms with Gasteiger partial charge in [0, 0.05) is 11.1 Å². The Balaban J connectivity index is 2.00. The third-order valence-electron chi connectivity index (χ3n) is 4.83. The Hall–Kier alpha value is -3.38. The minimum absolute atomic E-state index is 0.0237. The maximum Gasteiger partial charge on any atom is 0.416 e. The molecular formula is C21H20F6N4O3. The molecule has 3 rings (SSSR count). The standard InChI is InChI=1S/C21H20F6N4O3/c1-10(2)33-19(32)16(17-11(3)30-34-12(17)4)8-31-9-28-18(29-31)13-5-14(20(22,23)24)7-15(6-13)21(25,26)27/h5-7,9-10,16H,8H2,1-4H3. The summed E-state index contributed by atoms with van der Waals surface area (Å²) in [6, 6.07) is 1.09. The van der Waals surface area contributed by atoms with Gasteiger partial charge in [0.1, 0.15) is 18.0 Å². The Morgan fingerprint density at radius 2 is 1.65 bits per heavy atom. The van der Waals surface area contributed by atoms with Crippen molar-refractivity contribution in [2.24, 2.45) is 0 Å². The van der Waals surface area contributed by atoms with Crippen LogP contribution in [0, 0.1) is 13.8 Å². The fourth-order valence-electron chi connectivity index (χ4n) is 3.37. The fraction of sp³-hybridized carbons (Fsp3) is 0.429. The molecule has 0 spiro atoms. The number of aromatic nitrogens is 4. The topological polar surface area (TPSA) is 83.0 Å². The van der Waals surface area contributed by atoms with E-state index in [2.05, 4.69) is 15.2 Å². The summed E-state index contributed by atoms with van der Waals surface area (Å²) in [5.41, 5.74) is -2.57. The van der Waals surface area contributed by atoms with Gasteiger partial charge >= 0.3 is 18.3 Å². The first kappa shape index (κ1) is 25.2. The van der Waals surface area contributed by atoms with Crippen LogP contribution in [0.15, 0.2) is 29.0 Å². The minimum atomic E-state index is -5.01. The Morgan fingerprint density at radius 1 is 1.06 bits per heavy atom. The summed E-state index contributed by atoms with van der Waals surface area (Å²) in [6.45, 7) is 6.37. The Bertz CT molecular complexity index is 1130. The lowest BCUT2D eigenvalue weighted by atomic mass is 9.97. The van der Waals surface area contributed by atoms with Crippen molar-refractivity contribution >= 4 is 5.97 Å². The van der Waals surface area contributed by atoms with E-state index in [1.54, 1.807) is 27.7 Å². The number of halogens is 6. The summed E-state index contributed by atoms with van der Waals surface area (Å²) in [7, 11) is 0. The molecule has 0 radical (unpaired) electrons. The van der Waals surface area contributed by atoms with Gasteiger partial charge in [0.25, 0.3) is 0 Å². The average Bonchev–Trinajstić information content (AvgIpc) is 3.30. The molecule has 0 aliphatic heterocycles. The second kappa shape index (κ2) is 9.11.